The second-order valence-electron chi connectivity index (χ2n) is 4.26. The van der Waals surface area contributed by atoms with Crippen molar-refractivity contribution in [1.29, 1.82) is 0 Å². The van der Waals surface area contributed by atoms with Crippen LogP contribution < -0.4 is 11.1 Å². The van der Waals surface area contributed by atoms with Crippen LogP contribution in [0.15, 0.2) is 6.20 Å². The van der Waals surface area contributed by atoms with Crippen LogP contribution >= 0.6 is 11.3 Å². The van der Waals surface area contributed by atoms with E-state index in [-0.39, 0.29) is 17.9 Å². The average Bonchev–Trinajstić information content (AvgIpc) is 2.84. The molecule has 2 unspecified atom stereocenters. The number of carbonyl (C=O) groups is 1. The normalized spacial score (nSPS) is 24.6. The first-order chi connectivity index (χ1) is 7.66. The van der Waals surface area contributed by atoms with Crippen molar-refractivity contribution >= 4 is 17.2 Å². The maximum atomic E-state index is 11.8. The first-order valence-electron chi connectivity index (χ1n) is 5.61. The third-order valence-corrected chi connectivity index (χ3v) is 3.92. The molecular formula is C11H17N3OS. The van der Waals surface area contributed by atoms with Crippen molar-refractivity contribution in [1.82, 2.24) is 10.3 Å². The van der Waals surface area contributed by atoms with Gasteiger partial charge in [0.2, 0.25) is 5.91 Å². The van der Waals surface area contributed by atoms with Gasteiger partial charge in [-0.1, -0.05) is 6.42 Å². The lowest BCUT2D eigenvalue weighted by atomic mass is 10.0. The zero-order chi connectivity index (χ0) is 11.5. The summed E-state index contributed by atoms with van der Waals surface area (Å²) in [7, 11) is 0. The number of aryl methyl sites for hydroxylation is 1. The van der Waals surface area contributed by atoms with Crippen LogP contribution in [0.3, 0.4) is 0 Å². The summed E-state index contributed by atoms with van der Waals surface area (Å²) in [6.07, 6.45) is 4.78. The highest BCUT2D eigenvalue weighted by molar-refractivity contribution is 7.11. The molecule has 1 aliphatic rings. The van der Waals surface area contributed by atoms with Gasteiger partial charge in [0, 0.05) is 17.1 Å². The van der Waals surface area contributed by atoms with Crippen LogP contribution in [0.4, 0.5) is 0 Å². The van der Waals surface area contributed by atoms with E-state index < -0.39 is 0 Å². The topological polar surface area (TPSA) is 68.0 Å². The molecule has 0 saturated heterocycles. The number of nitrogens with one attached hydrogen (secondary N) is 1. The van der Waals surface area contributed by atoms with Crippen LogP contribution in [0.5, 0.6) is 0 Å². The number of aromatic nitrogens is 1. The van der Waals surface area contributed by atoms with Crippen molar-refractivity contribution in [2.24, 2.45) is 11.7 Å². The number of carbonyl (C=O) groups excluding carboxylic acids is 1. The number of nitrogens with zero attached hydrogens (tertiary/aromatic N) is 1. The summed E-state index contributed by atoms with van der Waals surface area (Å²) in [5.74, 6) is 0.102. The highest BCUT2D eigenvalue weighted by Gasteiger charge is 2.29. The Morgan fingerprint density at radius 3 is 3.06 bits per heavy atom. The number of hydrogen-bond donors (Lipinski definition) is 2. The SMILES string of the molecule is Cc1ncc(CNC(=O)C2CCCC2N)s1. The maximum absolute atomic E-state index is 11.8. The first kappa shape index (κ1) is 11.5. The number of hydrogen-bond acceptors (Lipinski definition) is 4. The molecule has 1 saturated carbocycles. The van der Waals surface area contributed by atoms with Gasteiger partial charge in [-0.25, -0.2) is 4.98 Å². The summed E-state index contributed by atoms with van der Waals surface area (Å²) in [4.78, 5) is 17.1. The molecule has 4 nitrogen and oxygen atoms in total. The summed E-state index contributed by atoms with van der Waals surface area (Å²) in [5, 5.41) is 3.97. The first-order valence-corrected chi connectivity index (χ1v) is 6.43. The Morgan fingerprint density at radius 2 is 2.50 bits per heavy atom. The molecule has 0 spiro atoms. The van der Waals surface area contributed by atoms with Gasteiger partial charge in [-0.2, -0.15) is 0 Å². The zero-order valence-electron chi connectivity index (χ0n) is 9.40. The van der Waals surface area contributed by atoms with E-state index in [1.807, 2.05) is 13.1 Å². The van der Waals surface area contributed by atoms with Crippen LogP contribution in [0, 0.1) is 12.8 Å². The van der Waals surface area contributed by atoms with Crippen LogP contribution in [0.25, 0.3) is 0 Å². The van der Waals surface area contributed by atoms with E-state index in [0.717, 1.165) is 29.1 Å². The van der Waals surface area contributed by atoms with E-state index in [0.29, 0.717) is 6.54 Å². The monoisotopic (exact) mass is 239 g/mol. The predicted molar refractivity (Wildman–Crippen MR) is 64.0 cm³/mol. The molecule has 1 aromatic heterocycles. The minimum Gasteiger partial charge on any atom is -0.351 e. The van der Waals surface area contributed by atoms with Gasteiger partial charge >= 0.3 is 0 Å². The smallest absolute Gasteiger partial charge is 0.224 e. The minimum absolute atomic E-state index is 0.00835. The maximum Gasteiger partial charge on any atom is 0.224 e. The fraction of sp³-hybridized carbons (Fsp3) is 0.636. The molecule has 5 heteroatoms. The lowest BCUT2D eigenvalue weighted by Crippen LogP contribution is -2.38. The standard InChI is InChI=1S/C11H17N3OS/c1-7-13-5-8(16-7)6-14-11(15)9-3-2-4-10(9)12/h5,9-10H,2-4,6,12H2,1H3,(H,14,15). The summed E-state index contributed by atoms with van der Waals surface area (Å²) >= 11 is 1.62. The summed E-state index contributed by atoms with van der Waals surface area (Å²) < 4.78 is 0. The van der Waals surface area contributed by atoms with Crippen molar-refractivity contribution in [2.75, 3.05) is 0 Å². The Bertz CT molecular complexity index is 377. The second-order valence-corrected chi connectivity index (χ2v) is 5.58. The van der Waals surface area contributed by atoms with Crippen LogP contribution in [0.2, 0.25) is 0 Å². The molecule has 88 valence electrons. The molecule has 1 amide bonds. The molecule has 3 N–H and O–H groups in total. The van der Waals surface area contributed by atoms with E-state index in [9.17, 15) is 4.79 Å². The largest absolute Gasteiger partial charge is 0.351 e. The van der Waals surface area contributed by atoms with E-state index in [1.54, 1.807) is 11.3 Å². The number of nitrogens with two attached hydrogens (primary N) is 1. The second kappa shape index (κ2) is 4.93. The van der Waals surface area contributed by atoms with Crippen LogP contribution in [0.1, 0.15) is 29.1 Å². The molecule has 1 fully saturated rings. The molecule has 1 heterocycles. The van der Waals surface area contributed by atoms with Gasteiger partial charge in [-0.05, 0) is 19.8 Å². The molecule has 1 aromatic rings. The summed E-state index contributed by atoms with van der Waals surface area (Å²) in [6, 6.07) is 0.0446. The predicted octanol–water partition coefficient (Wildman–Crippen LogP) is 1.20. The quantitative estimate of drug-likeness (QED) is 0.832. The van der Waals surface area contributed by atoms with E-state index in [2.05, 4.69) is 10.3 Å². The Morgan fingerprint density at radius 1 is 1.69 bits per heavy atom. The van der Waals surface area contributed by atoms with E-state index >= 15 is 0 Å². The van der Waals surface area contributed by atoms with Crippen molar-refractivity contribution in [3.8, 4) is 0 Å². The van der Waals surface area contributed by atoms with Gasteiger partial charge in [0.15, 0.2) is 0 Å². The molecule has 0 bridgehead atoms. The van der Waals surface area contributed by atoms with Crippen molar-refractivity contribution in [3.05, 3.63) is 16.1 Å². The fourth-order valence-corrected chi connectivity index (χ4v) is 2.84. The highest BCUT2D eigenvalue weighted by Crippen LogP contribution is 2.24. The molecule has 1 aliphatic carbocycles. The highest BCUT2D eigenvalue weighted by atomic mass is 32.1. The Hall–Kier alpha value is -0.940. The van der Waals surface area contributed by atoms with Crippen molar-refractivity contribution < 1.29 is 4.79 Å². The van der Waals surface area contributed by atoms with Gasteiger partial charge in [-0.3, -0.25) is 4.79 Å². The van der Waals surface area contributed by atoms with Gasteiger partial charge in [0.25, 0.3) is 0 Å². The average molecular weight is 239 g/mol. The lowest BCUT2D eigenvalue weighted by molar-refractivity contribution is -0.125. The molecule has 0 radical (unpaired) electrons. The molecule has 2 atom stereocenters. The van der Waals surface area contributed by atoms with Crippen molar-refractivity contribution in [3.63, 3.8) is 0 Å². The van der Waals surface area contributed by atoms with Crippen molar-refractivity contribution in [2.45, 2.75) is 38.8 Å². The number of rotatable bonds is 3. The van der Waals surface area contributed by atoms with E-state index in [4.69, 9.17) is 5.73 Å². The van der Waals surface area contributed by atoms with Gasteiger partial charge in [0.05, 0.1) is 17.5 Å². The molecular weight excluding hydrogens is 222 g/mol. The molecule has 16 heavy (non-hydrogen) atoms. The summed E-state index contributed by atoms with van der Waals surface area (Å²) in [6.45, 7) is 2.54. The molecule has 0 aromatic carbocycles. The van der Waals surface area contributed by atoms with Crippen LogP contribution in [-0.2, 0) is 11.3 Å². The lowest BCUT2D eigenvalue weighted by Gasteiger charge is -2.14. The fourth-order valence-electron chi connectivity index (χ4n) is 2.11. The molecule has 2 rings (SSSR count). The van der Waals surface area contributed by atoms with E-state index in [1.165, 1.54) is 0 Å². The Labute approximate surface area is 99.3 Å². The van der Waals surface area contributed by atoms with Gasteiger partial charge < -0.3 is 11.1 Å². The Kier molecular flexibility index (Phi) is 3.56. The van der Waals surface area contributed by atoms with Gasteiger partial charge in [0.1, 0.15) is 0 Å². The Balaban J connectivity index is 1.83. The van der Waals surface area contributed by atoms with Crippen LogP contribution in [-0.4, -0.2) is 16.9 Å². The summed E-state index contributed by atoms with van der Waals surface area (Å²) in [5.41, 5.74) is 5.88. The van der Waals surface area contributed by atoms with Gasteiger partial charge in [-0.15, -0.1) is 11.3 Å². The molecule has 0 aliphatic heterocycles. The third kappa shape index (κ3) is 2.59. The minimum atomic E-state index is 0.00835. The number of thiazole rings is 1. The zero-order valence-corrected chi connectivity index (χ0v) is 10.2. The number of amides is 1. The third-order valence-electron chi connectivity index (χ3n) is 3.01.